The quantitative estimate of drug-likeness (QED) is 0.453. The Morgan fingerprint density at radius 2 is 1.67 bits per heavy atom. The van der Waals surface area contributed by atoms with Crippen molar-refractivity contribution in [2.45, 2.75) is 6.92 Å². The number of hydrogen-bond acceptors (Lipinski definition) is 2. The van der Waals surface area contributed by atoms with Crippen molar-refractivity contribution < 1.29 is 4.74 Å². The van der Waals surface area contributed by atoms with E-state index in [1.807, 2.05) is 30.3 Å². The van der Waals surface area contributed by atoms with Crippen LogP contribution in [0.3, 0.4) is 0 Å². The van der Waals surface area contributed by atoms with Crippen molar-refractivity contribution in [3.05, 3.63) is 65.7 Å². The normalized spacial score (nSPS) is 16.3. The van der Waals surface area contributed by atoms with Crippen LogP contribution in [0.25, 0.3) is 0 Å². The number of aryl methyl sites for hydroxylation is 1. The first kappa shape index (κ1) is 16.9. The third kappa shape index (κ3) is 4.54. The van der Waals surface area contributed by atoms with Crippen molar-refractivity contribution in [2.24, 2.45) is 9.98 Å². The number of aliphatic imine (C=N–C) groups is 2. The van der Waals surface area contributed by atoms with Crippen molar-refractivity contribution >= 4 is 32.3 Å². The number of para-hydroxylation sites is 1. The van der Waals surface area contributed by atoms with Gasteiger partial charge in [0.1, 0.15) is 0 Å². The Kier molecular flexibility index (Phi) is 5.81. The SMILES string of the molecule is Cc1ccc(C(=Nc2ccccc2)N=C([Se])N2CCOCC2)cc1. The van der Waals surface area contributed by atoms with Gasteiger partial charge in [-0.05, 0) is 0 Å². The summed E-state index contributed by atoms with van der Waals surface area (Å²) in [5.74, 6) is 0.710. The maximum atomic E-state index is 5.41. The molecule has 3 rings (SSSR count). The van der Waals surface area contributed by atoms with Gasteiger partial charge in [-0.1, -0.05) is 0 Å². The average molecular weight is 385 g/mol. The Balaban J connectivity index is 1.95. The van der Waals surface area contributed by atoms with E-state index in [0.717, 1.165) is 42.3 Å². The molecule has 0 N–H and O–H groups in total. The van der Waals surface area contributed by atoms with E-state index in [2.05, 4.69) is 52.1 Å². The van der Waals surface area contributed by atoms with Crippen molar-refractivity contribution in [3.63, 3.8) is 0 Å². The molecule has 1 heterocycles. The molecule has 0 spiro atoms. The topological polar surface area (TPSA) is 37.2 Å². The van der Waals surface area contributed by atoms with E-state index in [4.69, 9.17) is 14.7 Å². The van der Waals surface area contributed by atoms with Crippen LogP contribution < -0.4 is 0 Å². The van der Waals surface area contributed by atoms with Crippen LogP contribution in [0, 0.1) is 6.92 Å². The molecular weight excluding hydrogens is 365 g/mol. The monoisotopic (exact) mass is 386 g/mol. The molecule has 2 aromatic carbocycles. The first-order chi connectivity index (χ1) is 11.7. The second kappa shape index (κ2) is 8.24. The summed E-state index contributed by atoms with van der Waals surface area (Å²) in [5, 5.41) is 0. The fraction of sp³-hybridized carbons (Fsp3) is 0.263. The molecule has 0 aromatic heterocycles. The van der Waals surface area contributed by atoms with Gasteiger partial charge in [-0.2, -0.15) is 0 Å². The van der Waals surface area contributed by atoms with Crippen molar-refractivity contribution in [2.75, 3.05) is 26.3 Å². The molecular formula is C19H20N3OSe. The van der Waals surface area contributed by atoms with Gasteiger partial charge in [-0.3, -0.25) is 0 Å². The van der Waals surface area contributed by atoms with Gasteiger partial charge in [0.05, 0.1) is 0 Å². The minimum absolute atomic E-state index is 0.710. The van der Waals surface area contributed by atoms with Crippen LogP contribution in [0.2, 0.25) is 0 Å². The molecule has 4 nitrogen and oxygen atoms in total. The Morgan fingerprint density at radius 3 is 2.33 bits per heavy atom. The molecule has 1 saturated heterocycles. The third-order valence-corrected chi connectivity index (χ3v) is 4.52. The summed E-state index contributed by atoms with van der Waals surface area (Å²) in [7, 11) is 0. The first-order valence-corrected chi connectivity index (χ1v) is 8.87. The van der Waals surface area contributed by atoms with Crippen LogP contribution in [-0.4, -0.2) is 57.8 Å². The summed E-state index contributed by atoms with van der Waals surface area (Å²) in [6.45, 7) is 5.23. The van der Waals surface area contributed by atoms with Crippen LogP contribution >= 0.6 is 0 Å². The van der Waals surface area contributed by atoms with E-state index in [1.54, 1.807) is 0 Å². The summed E-state index contributed by atoms with van der Waals surface area (Å²) < 4.78 is 6.26. The number of ether oxygens (including phenoxy) is 1. The van der Waals surface area contributed by atoms with Gasteiger partial charge in [0.15, 0.2) is 0 Å². The molecule has 1 aliphatic rings. The zero-order valence-corrected chi connectivity index (χ0v) is 15.4. The van der Waals surface area contributed by atoms with E-state index < -0.39 is 0 Å². The first-order valence-electron chi connectivity index (χ1n) is 8.01. The summed E-state index contributed by atoms with van der Waals surface area (Å²) in [6, 6.07) is 18.2. The second-order valence-electron chi connectivity index (χ2n) is 5.63. The van der Waals surface area contributed by atoms with E-state index in [1.165, 1.54) is 5.56 Å². The molecule has 1 aliphatic heterocycles. The molecule has 0 atom stereocenters. The molecule has 1 radical (unpaired) electrons. The van der Waals surface area contributed by atoms with E-state index in [0.29, 0.717) is 5.84 Å². The molecule has 0 unspecified atom stereocenters. The molecule has 2 aromatic rings. The molecule has 5 heteroatoms. The fourth-order valence-corrected chi connectivity index (χ4v) is 2.96. The van der Waals surface area contributed by atoms with Gasteiger partial charge in [0.25, 0.3) is 0 Å². The predicted molar refractivity (Wildman–Crippen MR) is 99.4 cm³/mol. The average Bonchev–Trinajstić information content (AvgIpc) is 2.63. The number of amidine groups is 2. The molecule has 24 heavy (non-hydrogen) atoms. The number of benzene rings is 2. The van der Waals surface area contributed by atoms with Gasteiger partial charge in [0.2, 0.25) is 0 Å². The standard InChI is InChI=1S/C19H20N3OSe/c1-15-7-9-16(10-8-15)18(20-17-5-3-2-4-6-17)21-19(24)22-11-13-23-14-12-22/h2-10H,11-14H2,1H3. The molecule has 0 aliphatic carbocycles. The van der Waals surface area contributed by atoms with E-state index in [-0.39, 0.29) is 0 Å². The van der Waals surface area contributed by atoms with Gasteiger partial charge in [-0.15, -0.1) is 0 Å². The zero-order chi connectivity index (χ0) is 16.8. The minimum atomic E-state index is 0.710. The van der Waals surface area contributed by atoms with Gasteiger partial charge >= 0.3 is 151 Å². The number of hydrogen-bond donors (Lipinski definition) is 0. The summed E-state index contributed by atoms with van der Waals surface area (Å²) in [5.41, 5.74) is 3.12. The summed E-state index contributed by atoms with van der Waals surface area (Å²) in [6.07, 6.45) is 0. The van der Waals surface area contributed by atoms with Crippen LogP contribution in [-0.2, 0) is 4.74 Å². The van der Waals surface area contributed by atoms with Gasteiger partial charge in [-0.25, -0.2) is 0 Å². The zero-order valence-electron chi connectivity index (χ0n) is 13.7. The Hall–Kier alpha value is -1.94. The van der Waals surface area contributed by atoms with Crippen LogP contribution in [0.1, 0.15) is 11.1 Å². The van der Waals surface area contributed by atoms with Crippen molar-refractivity contribution in [3.8, 4) is 0 Å². The van der Waals surface area contributed by atoms with Crippen LogP contribution in [0.4, 0.5) is 5.69 Å². The fourth-order valence-electron chi connectivity index (χ4n) is 2.40. The molecule has 0 bridgehead atoms. The summed E-state index contributed by atoms with van der Waals surface area (Å²) >= 11 is 3.08. The second-order valence-corrected chi connectivity index (χ2v) is 6.40. The number of nitrogens with zero attached hydrogens (tertiary/aromatic N) is 3. The number of rotatable bonds is 2. The van der Waals surface area contributed by atoms with Crippen LogP contribution in [0.15, 0.2) is 64.6 Å². The van der Waals surface area contributed by atoms with Gasteiger partial charge < -0.3 is 0 Å². The molecule has 0 amide bonds. The Labute approximate surface area is 151 Å². The molecule has 0 saturated carbocycles. The van der Waals surface area contributed by atoms with E-state index >= 15 is 0 Å². The Bertz CT molecular complexity index is 720. The number of morpholine rings is 1. The third-order valence-electron chi connectivity index (χ3n) is 3.78. The summed E-state index contributed by atoms with van der Waals surface area (Å²) in [4.78, 5) is 11.7. The van der Waals surface area contributed by atoms with Crippen molar-refractivity contribution in [1.82, 2.24) is 4.90 Å². The predicted octanol–water partition coefficient (Wildman–Crippen LogP) is 2.93. The maximum absolute atomic E-state index is 5.41. The van der Waals surface area contributed by atoms with Gasteiger partial charge in [0, 0.05) is 0 Å². The molecule has 123 valence electrons. The van der Waals surface area contributed by atoms with Crippen molar-refractivity contribution in [1.29, 1.82) is 0 Å². The Morgan fingerprint density at radius 1 is 1.00 bits per heavy atom. The van der Waals surface area contributed by atoms with Crippen LogP contribution in [0.5, 0.6) is 0 Å². The van der Waals surface area contributed by atoms with E-state index in [9.17, 15) is 0 Å². The molecule has 1 fully saturated rings.